The van der Waals surface area contributed by atoms with Crippen LogP contribution in [0.3, 0.4) is 0 Å². The summed E-state index contributed by atoms with van der Waals surface area (Å²) in [6.45, 7) is 1.27. The van der Waals surface area contributed by atoms with Crippen molar-refractivity contribution >= 4 is 33.5 Å². The van der Waals surface area contributed by atoms with Gasteiger partial charge in [0.2, 0.25) is 5.95 Å². The number of anilines is 2. The molecular weight excluding hydrogens is 446 g/mol. The summed E-state index contributed by atoms with van der Waals surface area (Å²) >= 11 is 0. The minimum Gasteiger partial charge on any atom is -0.449 e. The highest BCUT2D eigenvalue weighted by atomic mass is 32.2. The second-order valence-electron chi connectivity index (χ2n) is 6.40. The number of rotatable bonds is 7. The lowest BCUT2D eigenvalue weighted by Crippen LogP contribution is -2.30. The standard InChI is InChI=1S/C20H16F2N4O5S/c1-12(31-19(28)13-9-14(21)11-15(22)10-13)18(27)25-16-3-5-17(6-4-16)32(29,30)26-20-23-7-2-8-24-20/h2-12H,1H3,(H,25,27)(H,23,24,26)/t12-/m1/s1. The van der Waals surface area contributed by atoms with Crippen LogP contribution < -0.4 is 10.0 Å². The van der Waals surface area contributed by atoms with Crippen molar-refractivity contribution < 1.29 is 31.5 Å². The molecule has 3 rings (SSSR count). The molecular formula is C20H16F2N4O5S. The number of sulfonamides is 1. The Balaban J connectivity index is 1.62. The summed E-state index contributed by atoms with van der Waals surface area (Å²) in [5.41, 5.74) is -0.156. The number of nitrogens with one attached hydrogen (secondary N) is 2. The third-order valence-electron chi connectivity index (χ3n) is 3.97. The Morgan fingerprint density at radius 2 is 1.59 bits per heavy atom. The van der Waals surface area contributed by atoms with Crippen LogP contribution in [0.15, 0.2) is 65.8 Å². The quantitative estimate of drug-likeness (QED) is 0.517. The largest absolute Gasteiger partial charge is 0.449 e. The Labute approximate surface area is 181 Å². The van der Waals surface area contributed by atoms with Crippen molar-refractivity contribution in [2.75, 3.05) is 10.0 Å². The van der Waals surface area contributed by atoms with Gasteiger partial charge in [-0.3, -0.25) is 4.79 Å². The average molecular weight is 462 g/mol. The fourth-order valence-corrected chi connectivity index (χ4v) is 3.40. The molecule has 0 bridgehead atoms. The first-order valence-corrected chi connectivity index (χ1v) is 10.5. The number of esters is 1. The normalized spacial score (nSPS) is 12.0. The smallest absolute Gasteiger partial charge is 0.339 e. The molecule has 0 aliphatic rings. The number of ether oxygens (including phenoxy) is 1. The van der Waals surface area contributed by atoms with Gasteiger partial charge in [0.15, 0.2) is 6.10 Å². The van der Waals surface area contributed by atoms with Gasteiger partial charge in [-0.05, 0) is 49.4 Å². The van der Waals surface area contributed by atoms with E-state index in [2.05, 4.69) is 20.0 Å². The highest BCUT2D eigenvalue weighted by molar-refractivity contribution is 7.92. The van der Waals surface area contributed by atoms with E-state index in [1.54, 1.807) is 0 Å². The summed E-state index contributed by atoms with van der Waals surface area (Å²) in [6.07, 6.45) is 1.46. The number of halogens is 2. The Morgan fingerprint density at radius 1 is 1.00 bits per heavy atom. The molecule has 0 radical (unpaired) electrons. The highest BCUT2D eigenvalue weighted by Gasteiger charge is 2.21. The first-order valence-electron chi connectivity index (χ1n) is 9.02. The third-order valence-corrected chi connectivity index (χ3v) is 5.32. The number of benzene rings is 2. The lowest BCUT2D eigenvalue weighted by Gasteiger charge is -2.14. The molecule has 0 saturated carbocycles. The Bertz CT molecular complexity index is 1220. The summed E-state index contributed by atoms with van der Waals surface area (Å²) < 4.78 is 58.3. The Kier molecular flexibility index (Phi) is 6.73. The number of carbonyl (C=O) groups is 2. The van der Waals surface area contributed by atoms with Gasteiger partial charge in [-0.1, -0.05) is 0 Å². The zero-order chi connectivity index (χ0) is 23.3. The maximum absolute atomic E-state index is 13.2. The van der Waals surface area contributed by atoms with Crippen LogP contribution in [0.5, 0.6) is 0 Å². The van der Waals surface area contributed by atoms with Gasteiger partial charge in [0, 0.05) is 24.1 Å². The summed E-state index contributed by atoms with van der Waals surface area (Å²) in [6, 6.07) is 8.83. The molecule has 1 aromatic heterocycles. The number of nitrogens with zero attached hydrogens (tertiary/aromatic N) is 2. The molecule has 3 aromatic rings. The van der Waals surface area contributed by atoms with Crippen molar-refractivity contribution in [2.45, 2.75) is 17.9 Å². The van der Waals surface area contributed by atoms with Crippen LogP contribution >= 0.6 is 0 Å². The van der Waals surface area contributed by atoms with E-state index in [0.29, 0.717) is 6.07 Å². The van der Waals surface area contributed by atoms with Gasteiger partial charge in [-0.15, -0.1) is 0 Å². The molecule has 0 unspecified atom stereocenters. The van der Waals surface area contributed by atoms with Crippen molar-refractivity contribution in [2.24, 2.45) is 0 Å². The van der Waals surface area contributed by atoms with E-state index in [1.165, 1.54) is 49.6 Å². The summed E-state index contributed by atoms with van der Waals surface area (Å²) in [5.74, 6) is -3.84. The van der Waals surface area contributed by atoms with Crippen molar-refractivity contribution in [3.8, 4) is 0 Å². The lowest BCUT2D eigenvalue weighted by molar-refractivity contribution is -0.123. The van der Waals surface area contributed by atoms with Gasteiger partial charge in [-0.2, -0.15) is 0 Å². The molecule has 0 aliphatic heterocycles. The highest BCUT2D eigenvalue weighted by Crippen LogP contribution is 2.17. The zero-order valence-electron chi connectivity index (χ0n) is 16.5. The number of aromatic nitrogens is 2. The van der Waals surface area contributed by atoms with Crippen LogP contribution in [0.2, 0.25) is 0 Å². The molecule has 32 heavy (non-hydrogen) atoms. The second-order valence-corrected chi connectivity index (χ2v) is 8.08. The van der Waals surface area contributed by atoms with Crippen LogP contribution in [-0.4, -0.2) is 36.4 Å². The molecule has 0 spiro atoms. The minimum absolute atomic E-state index is 0.0984. The molecule has 166 valence electrons. The molecule has 0 fully saturated rings. The molecule has 2 N–H and O–H groups in total. The van der Waals surface area contributed by atoms with E-state index in [4.69, 9.17) is 4.74 Å². The monoisotopic (exact) mass is 462 g/mol. The van der Waals surface area contributed by atoms with E-state index in [9.17, 15) is 26.8 Å². The van der Waals surface area contributed by atoms with Crippen LogP contribution in [0.1, 0.15) is 17.3 Å². The number of hydrogen-bond acceptors (Lipinski definition) is 7. The predicted molar refractivity (Wildman–Crippen MR) is 109 cm³/mol. The molecule has 9 nitrogen and oxygen atoms in total. The van der Waals surface area contributed by atoms with E-state index in [0.717, 1.165) is 12.1 Å². The van der Waals surface area contributed by atoms with Crippen molar-refractivity contribution in [1.82, 2.24) is 9.97 Å². The minimum atomic E-state index is -3.95. The second kappa shape index (κ2) is 9.47. The topological polar surface area (TPSA) is 127 Å². The van der Waals surface area contributed by atoms with Crippen molar-refractivity contribution in [1.29, 1.82) is 0 Å². The lowest BCUT2D eigenvalue weighted by atomic mass is 10.2. The molecule has 12 heteroatoms. The molecule has 1 atom stereocenters. The SMILES string of the molecule is C[C@@H](OC(=O)c1cc(F)cc(F)c1)C(=O)Nc1ccc(S(=O)(=O)Nc2ncccn2)cc1. The van der Waals surface area contributed by atoms with Gasteiger partial charge in [0.1, 0.15) is 11.6 Å². The van der Waals surface area contributed by atoms with Gasteiger partial charge in [0.25, 0.3) is 15.9 Å². The van der Waals surface area contributed by atoms with Crippen molar-refractivity contribution in [3.05, 3.63) is 78.1 Å². The molecule has 1 heterocycles. The Hall–Kier alpha value is -3.93. The first kappa shape index (κ1) is 22.7. The fourth-order valence-electron chi connectivity index (χ4n) is 2.45. The van der Waals surface area contributed by atoms with E-state index < -0.39 is 39.6 Å². The van der Waals surface area contributed by atoms with E-state index >= 15 is 0 Å². The van der Waals surface area contributed by atoms with Gasteiger partial charge < -0.3 is 10.1 Å². The van der Waals surface area contributed by atoms with Crippen LogP contribution in [0, 0.1) is 11.6 Å². The van der Waals surface area contributed by atoms with E-state index in [1.807, 2.05) is 0 Å². The zero-order valence-corrected chi connectivity index (χ0v) is 17.3. The number of amides is 1. The van der Waals surface area contributed by atoms with Gasteiger partial charge >= 0.3 is 5.97 Å². The molecule has 2 aromatic carbocycles. The number of carbonyl (C=O) groups excluding carboxylic acids is 2. The van der Waals surface area contributed by atoms with Crippen LogP contribution in [0.4, 0.5) is 20.4 Å². The number of hydrogen-bond donors (Lipinski definition) is 2. The molecule has 0 saturated heterocycles. The van der Waals surface area contributed by atoms with Crippen molar-refractivity contribution in [3.63, 3.8) is 0 Å². The summed E-state index contributed by atoms with van der Waals surface area (Å²) in [5, 5.41) is 2.45. The molecule has 0 aliphatic carbocycles. The van der Waals surface area contributed by atoms with E-state index in [-0.39, 0.29) is 22.1 Å². The third kappa shape index (κ3) is 5.82. The van der Waals surface area contributed by atoms with Gasteiger partial charge in [-0.25, -0.2) is 36.7 Å². The maximum atomic E-state index is 13.2. The van der Waals surface area contributed by atoms with Gasteiger partial charge in [0.05, 0.1) is 10.5 Å². The maximum Gasteiger partial charge on any atom is 0.339 e. The predicted octanol–water partition coefficient (Wildman–Crippen LogP) is 2.74. The first-order chi connectivity index (χ1) is 15.1. The Morgan fingerprint density at radius 3 is 2.19 bits per heavy atom. The van der Waals surface area contributed by atoms with Crippen LogP contribution in [0.25, 0.3) is 0 Å². The summed E-state index contributed by atoms with van der Waals surface area (Å²) in [4.78, 5) is 31.7. The fraction of sp³-hybridized carbons (Fsp3) is 0.100. The molecule has 1 amide bonds. The van der Waals surface area contributed by atoms with Crippen LogP contribution in [-0.2, 0) is 19.6 Å². The average Bonchev–Trinajstić information content (AvgIpc) is 2.73. The summed E-state index contributed by atoms with van der Waals surface area (Å²) in [7, 11) is -3.95.